The highest BCUT2D eigenvalue weighted by molar-refractivity contribution is 5.68. The Kier molecular flexibility index (Phi) is 4.86. The van der Waals surface area contributed by atoms with Crippen LogP contribution in [0.15, 0.2) is 24.3 Å². The number of carbonyl (C=O) groups excluding carboxylic acids is 1. The molecule has 1 aromatic carbocycles. The van der Waals surface area contributed by atoms with Crippen LogP contribution in [0, 0.1) is 11.7 Å². The van der Waals surface area contributed by atoms with Gasteiger partial charge in [0.1, 0.15) is 11.4 Å². The van der Waals surface area contributed by atoms with Crippen LogP contribution >= 0.6 is 0 Å². The summed E-state index contributed by atoms with van der Waals surface area (Å²) in [5.74, 6) is 0.203. The number of rotatable bonds is 2. The maximum Gasteiger partial charge on any atom is 0.410 e. The summed E-state index contributed by atoms with van der Waals surface area (Å²) in [5.41, 5.74) is 0.661. The van der Waals surface area contributed by atoms with Gasteiger partial charge < -0.3 is 9.64 Å². The van der Waals surface area contributed by atoms with Crippen molar-refractivity contribution in [1.82, 2.24) is 4.90 Å². The third-order valence-corrected chi connectivity index (χ3v) is 3.61. The fourth-order valence-corrected chi connectivity index (χ4v) is 2.68. The Bertz CT molecular complexity index is 479. The fraction of sp³-hybridized carbons (Fsp3) is 0.588. The van der Waals surface area contributed by atoms with Crippen LogP contribution in [0.5, 0.6) is 0 Å². The van der Waals surface area contributed by atoms with Crippen molar-refractivity contribution in [3.63, 3.8) is 0 Å². The van der Waals surface area contributed by atoms with Crippen LogP contribution in [0.3, 0.4) is 0 Å². The standard InChI is InChI=1S/C17H24FNO2/c1-17(2,3)21-16(20)19-10-4-5-14(12-19)11-13-6-8-15(18)9-7-13/h6-9,14H,4-5,10-12H2,1-3H3/t14-/m1/s1. The second kappa shape index (κ2) is 6.46. The first-order chi connectivity index (χ1) is 9.83. The number of nitrogens with zero attached hydrogens (tertiary/aromatic N) is 1. The van der Waals surface area contributed by atoms with Crippen molar-refractivity contribution in [1.29, 1.82) is 0 Å². The Hall–Kier alpha value is -1.58. The Morgan fingerprint density at radius 3 is 2.62 bits per heavy atom. The average Bonchev–Trinajstić information content (AvgIpc) is 2.40. The first-order valence-electron chi connectivity index (χ1n) is 7.56. The molecule has 1 heterocycles. The summed E-state index contributed by atoms with van der Waals surface area (Å²) in [6, 6.07) is 6.62. The van der Waals surface area contributed by atoms with Gasteiger partial charge in [0.25, 0.3) is 0 Å². The second-order valence-electron chi connectivity index (χ2n) is 6.77. The van der Waals surface area contributed by atoms with Crippen molar-refractivity contribution in [2.45, 2.75) is 45.6 Å². The minimum atomic E-state index is -0.457. The van der Waals surface area contributed by atoms with Crippen molar-refractivity contribution in [2.75, 3.05) is 13.1 Å². The first kappa shape index (κ1) is 15.8. The van der Waals surface area contributed by atoms with Crippen LogP contribution in [0.25, 0.3) is 0 Å². The van der Waals surface area contributed by atoms with E-state index < -0.39 is 5.60 Å². The number of hydrogen-bond donors (Lipinski definition) is 0. The summed E-state index contributed by atoms with van der Waals surface area (Å²) in [6.45, 7) is 7.11. The zero-order chi connectivity index (χ0) is 15.5. The van der Waals surface area contributed by atoms with Crippen LogP contribution in [0.4, 0.5) is 9.18 Å². The van der Waals surface area contributed by atoms with E-state index in [-0.39, 0.29) is 11.9 Å². The van der Waals surface area contributed by atoms with E-state index in [4.69, 9.17) is 4.74 Å². The number of carbonyl (C=O) groups is 1. The van der Waals surface area contributed by atoms with Gasteiger partial charge in [-0.1, -0.05) is 12.1 Å². The molecular formula is C17H24FNO2. The Balaban J connectivity index is 1.91. The van der Waals surface area contributed by atoms with E-state index in [0.29, 0.717) is 12.5 Å². The van der Waals surface area contributed by atoms with Gasteiger partial charge in [-0.05, 0) is 63.6 Å². The molecule has 0 unspecified atom stereocenters. The van der Waals surface area contributed by atoms with Crippen molar-refractivity contribution < 1.29 is 13.9 Å². The van der Waals surface area contributed by atoms with Gasteiger partial charge >= 0.3 is 6.09 Å². The molecule has 0 bridgehead atoms. The fourth-order valence-electron chi connectivity index (χ4n) is 2.68. The molecule has 1 amide bonds. The smallest absolute Gasteiger partial charge is 0.410 e. The largest absolute Gasteiger partial charge is 0.444 e. The lowest BCUT2D eigenvalue weighted by atomic mass is 9.91. The number of piperidine rings is 1. The van der Waals surface area contributed by atoms with Gasteiger partial charge in [0.2, 0.25) is 0 Å². The third-order valence-electron chi connectivity index (χ3n) is 3.61. The Morgan fingerprint density at radius 2 is 2.00 bits per heavy atom. The number of ether oxygens (including phenoxy) is 1. The predicted molar refractivity (Wildman–Crippen MR) is 80.6 cm³/mol. The van der Waals surface area contributed by atoms with Crippen LogP contribution in [-0.2, 0) is 11.2 Å². The molecule has 0 N–H and O–H groups in total. The van der Waals surface area contributed by atoms with E-state index in [0.717, 1.165) is 31.4 Å². The highest BCUT2D eigenvalue weighted by atomic mass is 19.1. The molecule has 0 spiro atoms. The van der Waals surface area contributed by atoms with Gasteiger partial charge in [-0.15, -0.1) is 0 Å². The minimum absolute atomic E-state index is 0.210. The third kappa shape index (κ3) is 5.03. The molecule has 1 aliphatic rings. The number of amides is 1. The number of hydrogen-bond acceptors (Lipinski definition) is 2. The van der Waals surface area contributed by atoms with E-state index in [2.05, 4.69) is 0 Å². The van der Waals surface area contributed by atoms with Gasteiger partial charge in [0.05, 0.1) is 0 Å². The molecule has 0 aromatic heterocycles. The maximum absolute atomic E-state index is 12.9. The molecule has 0 aliphatic carbocycles. The molecule has 2 rings (SSSR count). The number of likely N-dealkylation sites (tertiary alicyclic amines) is 1. The molecule has 21 heavy (non-hydrogen) atoms. The lowest BCUT2D eigenvalue weighted by molar-refractivity contribution is 0.0166. The topological polar surface area (TPSA) is 29.5 Å². The second-order valence-corrected chi connectivity index (χ2v) is 6.77. The molecular weight excluding hydrogens is 269 g/mol. The van der Waals surface area contributed by atoms with Crippen LogP contribution in [-0.4, -0.2) is 29.7 Å². The summed E-state index contributed by atoms with van der Waals surface area (Å²) in [7, 11) is 0. The normalized spacial score (nSPS) is 19.4. The van der Waals surface area contributed by atoms with Crippen molar-refractivity contribution in [3.05, 3.63) is 35.6 Å². The molecule has 0 saturated carbocycles. The first-order valence-corrected chi connectivity index (χ1v) is 7.56. The zero-order valence-electron chi connectivity index (χ0n) is 13.1. The van der Waals surface area contributed by atoms with Gasteiger partial charge in [-0.2, -0.15) is 0 Å². The minimum Gasteiger partial charge on any atom is -0.444 e. The predicted octanol–water partition coefficient (Wildman–Crippen LogP) is 4.02. The quantitative estimate of drug-likeness (QED) is 0.824. The van der Waals surface area contributed by atoms with E-state index in [9.17, 15) is 9.18 Å². The molecule has 3 nitrogen and oxygen atoms in total. The Morgan fingerprint density at radius 1 is 1.33 bits per heavy atom. The van der Waals surface area contributed by atoms with Gasteiger partial charge in [0.15, 0.2) is 0 Å². The Labute approximate surface area is 126 Å². The van der Waals surface area contributed by atoms with Crippen LogP contribution < -0.4 is 0 Å². The number of halogens is 1. The van der Waals surface area contributed by atoms with Gasteiger partial charge in [-0.3, -0.25) is 0 Å². The molecule has 4 heteroatoms. The van der Waals surface area contributed by atoms with Crippen LogP contribution in [0.2, 0.25) is 0 Å². The highest BCUT2D eigenvalue weighted by Crippen LogP contribution is 2.22. The average molecular weight is 293 g/mol. The summed E-state index contributed by atoms with van der Waals surface area (Å²) in [6.07, 6.45) is 2.73. The van der Waals surface area contributed by atoms with Crippen molar-refractivity contribution >= 4 is 6.09 Å². The number of benzene rings is 1. The lowest BCUT2D eigenvalue weighted by Gasteiger charge is -2.34. The summed E-state index contributed by atoms with van der Waals surface area (Å²) >= 11 is 0. The van der Waals surface area contributed by atoms with E-state index >= 15 is 0 Å². The molecule has 1 atom stereocenters. The molecule has 0 radical (unpaired) electrons. The summed E-state index contributed by atoms with van der Waals surface area (Å²) in [5, 5.41) is 0. The SMILES string of the molecule is CC(C)(C)OC(=O)N1CCC[C@H](Cc2ccc(F)cc2)C1. The summed E-state index contributed by atoms with van der Waals surface area (Å²) < 4.78 is 18.4. The molecule has 1 saturated heterocycles. The van der Waals surface area contributed by atoms with Crippen molar-refractivity contribution in [3.8, 4) is 0 Å². The highest BCUT2D eigenvalue weighted by Gasteiger charge is 2.27. The van der Waals surface area contributed by atoms with Crippen molar-refractivity contribution in [2.24, 2.45) is 5.92 Å². The molecule has 116 valence electrons. The van der Waals surface area contributed by atoms with Crippen LogP contribution in [0.1, 0.15) is 39.2 Å². The lowest BCUT2D eigenvalue weighted by Crippen LogP contribution is -2.43. The van der Waals surface area contributed by atoms with E-state index in [1.165, 1.54) is 12.1 Å². The molecule has 1 fully saturated rings. The monoisotopic (exact) mass is 293 g/mol. The summed E-state index contributed by atoms with van der Waals surface area (Å²) in [4.78, 5) is 13.9. The van der Waals surface area contributed by atoms with Gasteiger partial charge in [-0.25, -0.2) is 9.18 Å². The van der Waals surface area contributed by atoms with E-state index in [1.807, 2.05) is 32.9 Å². The molecule has 1 aromatic rings. The van der Waals surface area contributed by atoms with Gasteiger partial charge in [0, 0.05) is 13.1 Å². The van der Waals surface area contributed by atoms with E-state index in [1.54, 1.807) is 4.90 Å². The molecule has 1 aliphatic heterocycles. The zero-order valence-corrected chi connectivity index (χ0v) is 13.1. The maximum atomic E-state index is 12.9.